The van der Waals surface area contributed by atoms with Gasteiger partial charge in [-0.25, -0.2) is 9.37 Å². The molecule has 0 radical (unpaired) electrons. The molecule has 4 rings (SSSR count). The lowest BCUT2D eigenvalue weighted by Gasteiger charge is -2.34. The number of carbonyl (C=O) groups excluding carboxylic acids is 1. The van der Waals surface area contributed by atoms with Crippen LogP contribution in [0.1, 0.15) is 35.1 Å². The lowest BCUT2D eigenvalue weighted by molar-refractivity contribution is -0.121. The van der Waals surface area contributed by atoms with Gasteiger partial charge in [0.05, 0.1) is 10.9 Å². The van der Waals surface area contributed by atoms with Crippen molar-refractivity contribution in [2.75, 3.05) is 13.1 Å². The molecule has 1 fully saturated rings. The Morgan fingerprint density at radius 3 is 2.73 bits per heavy atom. The number of aromatic hydroxyl groups is 1. The molecule has 0 spiro atoms. The first-order valence-electron chi connectivity index (χ1n) is 8.20. The molecule has 0 bridgehead atoms. The Morgan fingerprint density at radius 1 is 1.35 bits per heavy atom. The van der Waals surface area contributed by atoms with Crippen LogP contribution >= 0.6 is 22.9 Å². The average Bonchev–Trinajstić information content (AvgIpc) is 3.10. The Morgan fingerprint density at radius 2 is 2.08 bits per heavy atom. The van der Waals surface area contributed by atoms with Gasteiger partial charge in [0, 0.05) is 36.5 Å². The number of ketones is 1. The molecular weight excluding hydrogens is 379 g/mol. The van der Waals surface area contributed by atoms with Crippen molar-refractivity contribution >= 4 is 33.7 Å². The molecule has 0 saturated carbocycles. The van der Waals surface area contributed by atoms with Crippen LogP contribution in [0.2, 0.25) is 5.02 Å². The smallest absolute Gasteiger partial charge is 0.230 e. The number of hydrogen-bond donors (Lipinski definition) is 1. The summed E-state index contributed by atoms with van der Waals surface area (Å²) in [5.41, 5.74) is 0.292. The van der Waals surface area contributed by atoms with Crippen LogP contribution in [-0.2, 0) is 4.79 Å². The van der Waals surface area contributed by atoms with Crippen LogP contribution in [0.25, 0.3) is 4.96 Å². The van der Waals surface area contributed by atoms with E-state index in [2.05, 4.69) is 10.1 Å². The summed E-state index contributed by atoms with van der Waals surface area (Å²) in [4.78, 5) is 18.9. The number of benzene rings is 1. The molecule has 1 aliphatic heterocycles. The summed E-state index contributed by atoms with van der Waals surface area (Å²) in [6.07, 6.45) is 0.784. The van der Waals surface area contributed by atoms with E-state index < -0.39 is 11.9 Å². The summed E-state index contributed by atoms with van der Waals surface area (Å²) in [6.45, 7) is 2.68. The third-order valence-corrected chi connectivity index (χ3v) is 5.95. The molecule has 1 unspecified atom stereocenters. The third kappa shape index (κ3) is 2.87. The molecule has 0 amide bonds. The molecule has 1 aromatic carbocycles. The normalized spacial score (nSPS) is 17.1. The summed E-state index contributed by atoms with van der Waals surface area (Å²) in [5, 5.41) is 15.2. The van der Waals surface area contributed by atoms with Crippen LogP contribution in [0.5, 0.6) is 5.88 Å². The zero-order valence-electron chi connectivity index (χ0n) is 13.9. The van der Waals surface area contributed by atoms with Crippen LogP contribution < -0.4 is 0 Å². The van der Waals surface area contributed by atoms with Crippen LogP contribution in [-0.4, -0.2) is 43.5 Å². The van der Waals surface area contributed by atoms with E-state index >= 15 is 0 Å². The zero-order chi connectivity index (χ0) is 18.4. The molecule has 26 heavy (non-hydrogen) atoms. The van der Waals surface area contributed by atoms with Gasteiger partial charge in [-0.2, -0.15) is 4.52 Å². The number of carbonyl (C=O) groups is 1. The molecule has 0 aliphatic carbocycles. The Bertz CT molecular complexity index is 972. The third-order valence-electron chi connectivity index (χ3n) is 4.55. The van der Waals surface area contributed by atoms with Crippen LogP contribution in [0.4, 0.5) is 4.39 Å². The van der Waals surface area contributed by atoms with Gasteiger partial charge in [-0.1, -0.05) is 29.0 Å². The van der Waals surface area contributed by atoms with Gasteiger partial charge in [0.15, 0.2) is 0 Å². The maximum Gasteiger partial charge on any atom is 0.230 e. The lowest BCUT2D eigenvalue weighted by atomic mass is 9.99. The van der Waals surface area contributed by atoms with E-state index in [1.54, 1.807) is 19.1 Å². The molecule has 6 nitrogen and oxygen atoms in total. The highest BCUT2D eigenvalue weighted by Gasteiger charge is 2.34. The van der Waals surface area contributed by atoms with Crippen LogP contribution in [0.3, 0.4) is 0 Å². The molecule has 1 aliphatic rings. The molecule has 9 heteroatoms. The van der Waals surface area contributed by atoms with Crippen molar-refractivity contribution in [3.8, 4) is 5.88 Å². The van der Waals surface area contributed by atoms with Crippen molar-refractivity contribution in [2.45, 2.75) is 25.8 Å². The number of fused-ring (bicyclic) bond motifs is 1. The topological polar surface area (TPSA) is 70.7 Å². The monoisotopic (exact) mass is 394 g/mol. The summed E-state index contributed by atoms with van der Waals surface area (Å²) in [5.74, 6) is 0.199. The first-order valence-corrected chi connectivity index (χ1v) is 9.40. The standard InChI is InChI=1S/C17H16ClFN4O2S/c1-9-20-17-23(21-9)16(25)15(26-17)14(22-7-5-10(24)6-8-22)13-11(18)3-2-4-12(13)19/h2-4,14,25H,5-8H2,1H3. The van der Waals surface area contributed by atoms with Gasteiger partial charge < -0.3 is 5.11 Å². The highest BCUT2D eigenvalue weighted by Crippen LogP contribution is 2.43. The van der Waals surface area contributed by atoms with Crippen LogP contribution in [0.15, 0.2) is 18.2 Å². The molecule has 1 N–H and O–H groups in total. The van der Waals surface area contributed by atoms with Crippen molar-refractivity contribution in [1.82, 2.24) is 19.5 Å². The summed E-state index contributed by atoms with van der Waals surface area (Å²) < 4.78 is 16.1. The number of aryl methyl sites for hydroxylation is 1. The fourth-order valence-electron chi connectivity index (χ4n) is 3.31. The number of piperidine rings is 1. The fraction of sp³-hybridized carbons (Fsp3) is 0.353. The Kier molecular flexibility index (Phi) is 4.42. The second kappa shape index (κ2) is 6.61. The van der Waals surface area contributed by atoms with E-state index in [-0.39, 0.29) is 16.7 Å². The van der Waals surface area contributed by atoms with Crippen molar-refractivity contribution in [1.29, 1.82) is 0 Å². The molecule has 3 aromatic rings. The Balaban J connectivity index is 1.88. The van der Waals surface area contributed by atoms with Gasteiger partial charge in [0.2, 0.25) is 10.8 Å². The fourth-order valence-corrected chi connectivity index (χ4v) is 4.72. The molecular formula is C17H16ClFN4O2S. The number of rotatable bonds is 3. The van der Waals surface area contributed by atoms with Crippen molar-refractivity contribution < 1.29 is 14.3 Å². The highest BCUT2D eigenvalue weighted by atomic mass is 35.5. The van der Waals surface area contributed by atoms with E-state index in [0.29, 0.717) is 47.2 Å². The average molecular weight is 395 g/mol. The SMILES string of the molecule is Cc1nc2sc(C(c3c(F)cccc3Cl)N3CCC(=O)CC3)c(O)n2n1. The minimum atomic E-state index is -0.606. The quantitative estimate of drug-likeness (QED) is 0.737. The molecule has 2 aromatic heterocycles. The first-order chi connectivity index (χ1) is 12.5. The lowest BCUT2D eigenvalue weighted by Crippen LogP contribution is -2.37. The number of hydrogen-bond acceptors (Lipinski definition) is 6. The maximum atomic E-state index is 14.7. The number of thiazole rings is 1. The summed E-state index contributed by atoms with van der Waals surface area (Å²) >= 11 is 7.57. The highest BCUT2D eigenvalue weighted by molar-refractivity contribution is 7.17. The van der Waals surface area contributed by atoms with Gasteiger partial charge in [-0.3, -0.25) is 9.69 Å². The zero-order valence-corrected chi connectivity index (χ0v) is 15.5. The number of nitrogens with zero attached hydrogens (tertiary/aromatic N) is 4. The maximum absolute atomic E-state index is 14.7. The van der Waals surface area contributed by atoms with Gasteiger partial charge in [0.1, 0.15) is 17.4 Å². The number of likely N-dealkylation sites (tertiary alicyclic amines) is 1. The van der Waals surface area contributed by atoms with E-state index in [9.17, 15) is 14.3 Å². The summed E-state index contributed by atoms with van der Waals surface area (Å²) in [7, 11) is 0. The Labute approximate surface area is 157 Å². The predicted octanol–water partition coefficient (Wildman–Crippen LogP) is 3.35. The van der Waals surface area contributed by atoms with Crippen molar-refractivity contribution in [3.05, 3.63) is 45.3 Å². The Hall–Kier alpha value is -2.03. The van der Waals surface area contributed by atoms with Gasteiger partial charge >= 0.3 is 0 Å². The number of Topliss-reactive ketones (excluding diaryl/α,β-unsaturated/α-hetero) is 1. The van der Waals surface area contributed by atoms with Gasteiger partial charge in [0.25, 0.3) is 0 Å². The van der Waals surface area contributed by atoms with E-state index in [0.717, 1.165) is 0 Å². The minimum absolute atomic E-state index is 0.0770. The largest absolute Gasteiger partial charge is 0.492 e. The molecule has 136 valence electrons. The predicted molar refractivity (Wildman–Crippen MR) is 96.3 cm³/mol. The molecule has 3 heterocycles. The van der Waals surface area contributed by atoms with E-state index in [1.165, 1.54) is 21.9 Å². The molecule has 1 saturated heterocycles. The van der Waals surface area contributed by atoms with Crippen molar-refractivity contribution in [3.63, 3.8) is 0 Å². The van der Waals surface area contributed by atoms with E-state index in [4.69, 9.17) is 11.6 Å². The second-order valence-corrected chi connectivity index (χ2v) is 7.67. The molecule has 1 atom stereocenters. The van der Waals surface area contributed by atoms with Gasteiger partial charge in [-0.15, -0.1) is 5.10 Å². The second-order valence-electron chi connectivity index (χ2n) is 6.26. The first kappa shape index (κ1) is 17.4. The number of aromatic nitrogens is 3. The van der Waals surface area contributed by atoms with Gasteiger partial charge in [-0.05, 0) is 19.1 Å². The minimum Gasteiger partial charge on any atom is -0.492 e. The van der Waals surface area contributed by atoms with Crippen LogP contribution in [0, 0.1) is 12.7 Å². The van der Waals surface area contributed by atoms with E-state index in [1.807, 2.05) is 4.90 Å². The number of halogens is 2. The van der Waals surface area contributed by atoms with Crippen molar-refractivity contribution in [2.24, 2.45) is 0 Å². The summed E-state index contributed by atoms with van der Waals surface area (Å²) in [6, 6.07) is 3.91.